The van der Waals surface area contributed by atoms with Crippen molar-refractivity contribution in [2.24, 2.45) is 11.1 Å². The number of hydrogen-bond acceptors (Lipinski definition) is 3. The van der Waals surface area contributed by atoms with Crippen LogP contribution in [-0.4, -0.2) is 15.5 Å². The third kappa shape index (κ3) is 2.78. The number of rotatable bonds is 2. The van der Waals surface area contributed by atoms with Crippen LogP contribution >= 0.6 is 0 Å². The minimum absolute atomic E-state index is 0.0640. The Hall–Kier alpha value is -2.46. The van der Waals surface area contributed by atoms with Gasteiger partial charge in [-0.15, -0.1) is 0 Å². The van der Waals surface area contributed by atoms with Crippen molar-refractivity contribution in [3.05, 3.63) is 54.5 Å². The molecule has 0 fully saturated rings. The number of hydrogen-bond donors (Lipinski definition) is 1. The van der Waals surface area contributed by atoms with Gasteiger partial charge in [0.05, 0.1) is 5.52 Å². The molecule has 0 saturated heterocycles. The topological polar surface area (TPSA) is 60.9 Å². The van der Waals surface area contributed by atoms with Gasteiger partial charge in [0.2, 0.25) is 5.91 Å². The Morgan fingerprint density at radius 1 is 1.13 bits per heavy atom. The van der Waals surface area contributed by atoms with E-state index in [4.69, 9.17) is 5.73 Å². The average Bonchev–Trinajstić information content (AvgIpc) is 2.91. The molecule has 3 rings (SSSR count). The van der Waals surface area contributed by atoms with Crippen LogP contribution in [0.25, 0.3) is 22.0 Å². The van der Waals surface area contributed by atoms with E-state index in [0.717, 1.165) is 27.6 Å². The summed E-state index contributed by atoms with van der Waals surface area (Å²) in [5.41, 5.74) is 9.42. The van der Waals surface area contributed by atoms with Gasteiger partial charge in [0.15, 0.2) is 0 Å². The molecule has 23 heavy (non-hydrogen) atoms. The zero-order valence-electron chi connectivity index (χ0n) is 13.7. The van der Waals surface area contributed by atoms with Crippen LogP contribution < -0.4 is 5.73 Å². The molecule has 0 aliphatic rings. The number of nitrogens with zero attached hydrogens (tertiary/aromatic N) is 2. The largest absolute Gasteiger partial charge is 0.326 e. The summed E-state index contributed by atoms with van der Waals surface area (Å²) in [6.07, 6.45) is 5.41. The fourth-order valence-corrected chi connectivity index (χ4v) is 2.71. The minimum atomic E-state index is -0.454. The summed E-state index contributed by atoms with van der Waals surface area (Å²) in [7, 11) is 0. The number of carbonyl (C=O) groups excluding carboxylic acids is 1. The molecule has 0 saturated carbocycles. The second-order valence-corrected chi connectivity index (χ2v) is 6.75. The monoisotopic (exact) mass is 307 g/mol. The summed E-state index contributed by atoms with van der Waals surface area (Å²) >= 11 is 0. The smallest absolute Gasteiger partial charge is 0.236 e. The molecule has 2 heterocycles. The van der Waals surface area contributed by atoms with E-state index < -0.39 is 5.41 Å². The number of benzene rings is 1. The third-order valence-corrected chi connectivity index (χ3v) is 3.98. The van der Waals surface area contributed by atoms with Crippen molar-refractivity contribution in [3.63, 3.8) is 0 Å². The molecule has 118 valence electrons. The van der Waals surface area contributed by atoms with Gasteiger partial charge < -0.3 is 5.73 Å². The number of nitrogens with two attached hydrogens (primary N) is 1. The summed E-state index contributed by atoms with van der Waals surface area (Å²) in [6, 6.07) is 10.1. The maximum absolute atomic E-state index is 12.8. The molecular weight excluding hydrogens is 286 g/mol. The molecule has 0 spiro atoms. The molecule has 0 aliphatic carbocycles. The number of aromatic nitrogens is 2. The molecule has 3 aromatic rings. The average molecular weight is 307 g/mol. The van der Waals surface area contributed by atoms with Gasteiger partial charge in [-0.3, -0.25) is 14.3 Å². The Bertz CT molecular complexity index is 857. The van der Waals surface area contributed by atoms with E-state index in [2.05, 4.69) is 11.1 Å². The quantitative estimate of drug-likeness (QED) is 0.782. The van der Waals surface area contributed by atoms with E-state index in [0.29, 0.717) is 6.54 Å². The number of pyridine rings is 1. The zero-order valence-corrected chi connectivity index (χ0v) is 13.7. The Morgan fingerprint density at radius 3 is 2.43 bits per heavy atom. The Balaban J connectivity index is 2.23. The molecule has 2 N–H and O–H groups in total. The van der Waals surface area contributed by atoms with Gasteiger partial charge in [-0.2, -0.15) is 0 Å². The molecule has 0 amide bonds. The SMILES string of the molecule is CC(C)(C)C(=O)n1cc(CN)c2ccc(-c3ccncc3)cc21. The van der Waals surface area contributed by atoms with Crippen LogP contribution in [0.1, 0.15) is 31.1 Å². The predicted octanol–water partition coefficient (Wildman–Crippen LogP) is 3.85. The van der Waals surface area contributed by atoms with Crippen LogP contribution in [-0.2, 0) is 6.54 Å². The number of carbonyl (C=O) groups is 1. The maximum Gasteiger partial charge on any atom is 0.236 e. The van der Waals surface area contributed by atoms with Crippen molar-refractivity contribution in [3.8, 4) is 11.1 Å². The van der Waals surface area contributed by atoms with Gasteiger partial charge >= 0.3 is 0 Å². The lowest BCUT2D eigenvalue weighted by molar-refractivity contribution is 0.0772. The van der Waals surface area contributed by atoms with Gasteiger partial charge in [0, 0.05) is 35.9 Å². The Kier molecular flexibility index (Phi) is 3.78. The van der Waals surface area contributed by atoms with Crippen LogP contribution in [0.3, 0.4) is 0 Å². The summed E-state index contributed by atoms with van der Waals surface area (Å²) in [5, 5.41) is 1.03. The first-order valence-electron chi connectivity index (χ1n) is 7.71. The van der Waals surface area contributed by atoms with E-state index in [-0.39, 0.29) is 5.91 Å². The fourth-order valence-electron chi connectivity index (χ4n) is 2.71. The highest BCUT2D eigenvalue weighted by Crippen LogP contribution is 2.29. The summed E-state index contributed by atoms with van der Waals surface area (Å²) in [4.78, 5) is 16.8. The lowest BCUT2D eigenvalue weighted by Gasteiger charge is -2.18. The standard InChI is InChI=1S/C19H21N3O/c1-19(2,3)18(23)22-12-15(11-20)16-5-4-14(10-17(16)22)13-6-8-21-9-7-13/h4-10,12H,11,20H2,1-3H3. The lowest BCUT2D eigenvalue weighted by atomic mass is 9.95. The first-order chi connectivity index (χ1) is 10.9. The third-order valence-electron chi connectivity index (χ3n) is 3.98. The fraction of sp³-hybridized carbons (Fsp3) is 0.263. The van der Waals surface area contributed by atoms with Gasteiger partial charge in [-0.25, -0.2) is 0 Å². The van der Waals surface area contributed by atoms with E-state index in [9.17, 15) is 4.79 Å². The first kappa shape index (κ1) is 15.4. The lowest BCUT2D eigenvalue weighted by Crippen LogP contribution is -2.26. The molecule has 0 radical (unpaired) electrons. The molecule has 2 aromatic heterocycles. The second-order valence-electron chi connectivity index (χ2n) is 6.75. The van der Waals surface area contributed by atoms with Crippen molar-refractivity contribution >= 4 is 16.8 Å². The maximum atomic E-state index is 12.8. The highest BCUT2D eigenvalue weighted by molar-refractivity contribution is 5.98. The van der Waals surface area contributed by atoms with Crippen LogP contribution in [0.5, 0.6) is 0 Å². The molecule has 0 bridgehead atoms. The Morgan fingerprint density at radius 2 is 1.83 bits per heavy atom. The molecule has 1 aromatic carbocycles. The minimum Gasteiger partial charge on any atom is -0.326 e. The molecular formula is C19H21N3O. The molecule has 4 heteroatoms. The van der Waals surface area contributed by atoms with Gasteiger partial charge in [0.25, 0.3) is 0 Å². The normalized spacial score (nSPS) is 11.8. The van der Waals surface area contributed by atoms with Crippen LogP contribution in [0.2, 0.25) is 0 Å². The van der Waals surface area contributed by atoms with E-state index in [1.807, 2.05) is 51.2 Å². The molecule has 0 atom stereocenters. The van der Waals surface area contributed by atoms with Gasteiger partial charge in [0.1, 0.15) is 0 Å². The van der Waals surface area contributed by atoms with Crippen molar-refractivity contribution in [2.75, 3.05) is 0 Å². The van der Waals surface area contributed by atoms with Crippen molar-refractivity contribution in [2.45, 2.75) is 27.3 Å². The first-order valence-corrected chi connectivity index (χ1v) is 7.71. The van der Waals surface area contributed by atoms with E-state index >= 15 is 0 Å². The van der Waals surface area contributed by atoms with Crippen molar-refractivity contribution < 1.29 is 4.79 Å². The predicted molar refractivity (Wildman–Crippen MR) is 93.1 cm³/mol. The Labute approximate surface area is 136 Å². The van der Waals surface area contributed by atoms with E-state index in [1.54, 1.807) is 17.0 Å². The summed E-state index contributed by atoms with van der Waals surface area (Å²) in [6.45, 7) is 6.19. The molecule has 0 aliphatic heterocycles. The van der Waals surface area contributed by atoms with Crippen molar-refractivity contribution in [1.82, 2.24) is 9.55 Å². The summed E-state index contributed by atoms with van der Waals surface area (Å²) in [5.74, 6) is 0.0640. The van der Waals surface area contributed by atoms with Crippen LogP contribution in [0.15, 0.2) is 48.9 Å². The highest BCUT2D eigenvalue weighted by Gasteiger charge is 2.25. The molecule has 4 nitrogen and oxygen atoms in total. The van der Waals surface area contributed by atoms with Crippen molar-refractivity contribution in [1.29, 1.82) is 0 Å². The molecule has 0 unspecified atom stereocenters. The van der Waals surface area contributed by atoms with Gasteiger partial charge in [-0.05, 0) is 34.9 Å². The van der Waals surface area contributed by atoms with Crippen LogP contribution in [0.4, 0.5) is 0 Å². The highest BCUT2D eigenvalue weighted by atomic mass is 16.2. The second kappa shape index (κ2) is 5.63. The summed E-state index contributed by atoms with van der Waals surface area (Å²) < 4.78 is 1.74. The van der Waals surface area contributed by atoms with Crippen LogP contribution in [0, 0.1) is 5.41 Å². The van der Waals surface area contributed by atoms with Gasteiger partial charge in [-0.1, -0.05) is 32.9 Å². The zero-order chi connectivity index (χ0) is 16.6. The number of fused-ring (bicyclic) bond motifs is 1. The van der Waals surface area contributed by atoms with E-state index in [1.165, 1.54) is 0 Å².